The van der Waals surface area contributed by atoms with Gasteiger partial charge in [-0.05, 0) is 31.1 Å². The third kappa shape index (κ3) is 3.94. The average molecular weight is 254 g/mol. The lowest BCUT2D eigenvalue weighted by atomic mass is 9.85. The van der Waals surface area contributed by atoms with Gasteiger partial charge >= 0.3 is 0 Å². The summed E-state index contributed by atoms with van der Waals surface area (Å²) in [6.45, 7) is 8.09. The summed E-state index contributed by atoms with van der Waals surface area (Å²) in [7, 11) is 0. The second kappa shape index (κ2) is 6.88. The highest BCUT2D eigenvalue weighted by molar-refractivity contribution is 4.88. The van der Waals surface area contributed by atoms with Gasteiger partial charge in [-0.2, -0.15) is 0 Å². The molecule has 1 aliphatic heterocycles. The highest BCUT2D eigenvalue weighted by Crippen LogP contribution is 2.26. The molecular weight excluding hydrogens is 224 g/mol. The molecule has 1 heterocycles. The van der Waals surface area contributed by atoms with Crippen LogP contribution in [0.25, 0.3) is 0 Å². The van der Waals surface area contributed by atoms with Crippen molar-refractivity contribution in [2.75, 3.05) is 26.2 Å². The van der Waals surface area contributed by atoms with Crippen molar-refractivity contribution in [3.8, 4) is 0 Å². The van der Waals surface area contributed by atoms with Crippen molar-refractivity contribution < 1.29 is 5.11 Å². The Bertz CT molecular complexity index is 237. The molecule has 0 amide bonds. The highest BCUT2D eigenvalue weighted by atomic mass is 16.3. The topological polar surface area (TPSA) is 35.5 Å². The SMILES string of the molecule is CC(C)C1CC(NC2CCCC2)CN(CCO)C1. The molecule has 3 heteroatoms. The smallest absolute Gasteiger partial charge is 0.0558 e. The van der Waals surface area contributed by atoms with E-state index in [4.69, 9.17) is 5.11 Å². The number of likely N-dealkylation sites (tertiary alicyclic amines) is 1. The molecule has 18 heavy (non-hydrogen) atoms. The number of β-amino-alcohol motifs (C(OH)–C–C–N with tert-alkyl or cyclic N) is 1. The molecule has 2 atom stereocenters. The molecule has 2 fully saturated rings. The number of nitrogens with one attached hydrogen (secondary N) is 1. The van der Waals surface area contributed by atoms with Crippen LogP contribution in [0, 0.1) is 11.8 Å². The molecule has 0 aromatic carbocycles. The third-order valence-corrected chi connectivity index (χ3v) is 4.74. The standard InChI is InChI=1S/C15H30N2O/c1-12(2)13-9-15(11-17(10-13)7-8-18)16-14-5-3-4-6-14/h12-16,18H,3-11H2,1-2H3. The minimum Gasteiger partial charge on any atom is -0.395 e. The van der Waals surface area contributed by atoms with Crippen LogP contribution in [-0.2, 0) is 0 Å². The number of rotatable bonds is 5. The molecular formula is C15H30N2O. The van der Waals surface area contributed by atoms with Crippen LogP contribution in [0.15, 0.2) is 0 Å². The van der Waals surface area contributed by atoms with Gasteiger partial charge in [0, 0.05) is 31.7 Å². The van der Waals surface area contributed by atoms with Gasteiger partial charge in [0.15, 0.2) is 0 Å². The van der Waals surface area contributed by atoms with Crippen LogP contribution in [-0.4, -0.2) is 48.3 Å². The molecule has 2 unspecified atom stereocenters. The molecule has 1 saturated heterocycles. The van der Waals surface area contributed by atoms with E-state index in [0.717, 1.165) is 31.0 Å². The second-order valence-corrected chi connectivity index (χ2v) is 6.57. The average Bonchev–Trinajstić information content (AvgIpc) is 2.82. The Morgan fingerprint density at radius 3 is 2.50 bits per heavy atom. The van der Waals surface area contributed by atoms with E-state index in [2.05, 4.69) is 24.1 Å². The number of nitrogens with zero attached hydrogens (tertiary/aromatic N) is 1. The molecule has 1 saturated carbocycles. The lowest BCUT2D eigenvalue weighted by Crippen LogP contribution is -2.52. The van der Waals surface area contributed by atoms with Crippen LogP contribution in [0.4, 0.5) is 0 Å². The van der Waals surface area contributed by atoms with Crippen LogP contribution in [0.5, 0.6) is 0 Å². The van der Waals surface area contributed by atoms with Crippen molar-refractivity contribution in [2.24, 2.45) is 11.8 Å². The monoisotopic (exact) mass is 254 g/mol. The Morgan fingerprint density at radius 1 is 1.17 bits per heavy atom. The number of piperidine rings is 1. The van der Waals surface area contributed by atoms with Crippen LogP contribution < -0.4 is 5.32 Å². The zero-order chi connectivity index (χ0) is 13.0. The van der Waals surface area contributed by atoms with Gasteiger partial charge in [0.05, 0.1) is 6.61 Å². The van der Waals surface area contributed by atoms with E-state index in [-0.39, 0.29) is 0 Å². The lowest BCUT2D eigenvalue weighted by molar-refractivity contribution is 0.0928. The third-order valence-electron chi connectivity index (χ3n) is 4.74. The van der Waals surface area contributed by atoms with Crippen molar-refractivity contribution in [1.82, 2.24) is 10.2 Å². The van der Waals surface area contributed by atoms with E-state index in [1.807, 2.05) is 0 Å². The zero-order valence-corrected chi connectivity index (χ0v) is 12.1. The summed E-state index contributed by atoms with van der Waals surface area (Å²) in [5, 5.41) is 13.0. The van der Waals surface area contributed by atoms with Crippen LogP contribution in [0.1, 0.15) is 46.0 Å². The zero-order valence-electron chi connectivity index (χ0n) is 12.1. The molecule has 2 rings (SSSR count). The van der Waals surface area contributed by atoms with Crippen LogP contribution >= 0.6 is 0 Å². The van der Waals surface area contributed by atoms with Crippen LogP contribution in [0.3, 0.4) is 0 Å². The van der Waals surface area contributed by atoms with Gasteiger partial charge in [-0.25, -0.2) is 0 Å². The number of aliphatic hydroxyl groups is 1. The summed E-state index contributed by atoms with van der Waals surface area (Å²) in [6, 6.07) is 1.40. The van der Waals surface area contributed by atoms with Gasteiger partial charge in [-0.15, -0.1) is 0 Å². The summed E-state index contributed by atoms with van der Waals surface area (Å²) in [4.78, 5) is 2.45. The van der Waals surface area contributed by atoms with Crippen LogP contribution in [0.2, 0.25) is 0 Å². The highest BCUT2D eigenvalue weighted by Gasteiger charge is 2.30. The minimum absolute atomic E-state index is 0.293. The number of aliphatic hydroxyl groups excluding tert-OH is 1. The van der Waals surface area contributed by atoms with Crippen molar-refractivity contribution >= 4 is 0 Å². The summed E-state index contributed by atoms with van der Waals surface area (Å²) in [6.07, 6.45) is 6.85. The fourth-order valence-corrected chi connectivity index (χ4v) is 3.59. The molecule has 0 aromatic heterocycles. The van der Waals surface area contributed by atoms with Gasteiger partial charge in [0.25, 0.3) is 0 Å². The Balaban J connectivity index is 1.87. The number of hydrogen-bond donors (Lipinski definition) is 2. The molecule has 0 spiro atoms. The first-order valence-corrected chi connectivity index (χ1v) is 7.78. The fourth-order valence-electron chi connectivity index (χ4n) is 3.59. The molecule has 2 N–H and O–H groups in total. The minimum atomic E-state index is 0.293. The van der Waals surface area contributed by atoms with E-state index in [9.17, 15) is 0 Å². The molecule has 3 nitrogen and oxygen atoms in total. The molecule has 0 aromatic rings. The Hall–Kier alpha value is -0.120. The first kappa shape index (κ1) is 14.3. The molecule has 2 aliphatic rings. The predicted molar refractivity (Wildman–Crippen MR) is 75.7 cm³/mol. The Morgan fingerprint density at radius 2 is 1.89 bits per heavy atom. The summed E-state index contributed by atoms with van der Waals surface area (Å²) in [5.74, 6) is 1.53. The first-order chi connectivity index (χ1) is 8.69. The van der Waals surface area contributed by atoms with Crippen molar-refractivity contribution in [3.05, 3.63) is 0 Å². The predicted octanol–water partition coefficient (Wildman–Crippen LogP) is 1.86. The molecule has 1 aliphatic carbocycles. The molecule has 0 radical (unpaired) electrons. The maximum Gasteiger partial charge on any atom is 0.0558 e. The van der Waals surface area contributed by atoms with Gasteiger partial charge in [0.1, 0.15) is 0 Å². The van der Waals surface area contributed by atoms with Gasteiger partial charge in [-0.1, -0.05) is 26.7 Å². The van der Waals surface area contributed by atoms with E-state index in [1.54, 1.807) is 0 Å². The Labute approximate surface area is 112 Å². The molecule has 106 valence electrons. The van der Waals surface area contributed by atoms with Crippen molar-refractivity contribution in [1.29, 1.82) is 0 Å². The maximum absolute atomic E-state index is 9.15. The summed E-state index contributed by atoms with van der Waals surface area (Å²) >= 11 is 0. The maximum atomic E-state index is 9.15. The fraction of sp³-hybridized carbons (Fsp3) is 1.00. The van der Waals surface area contributed by atoms with E-state index in [1.165, 1.54) is 38.6 Å². The van der Waals surface area contributed by atoms with E-state index < -0.39 is 0 Å². The second-order valence-electron chi connectivity index (χ2n) is 6.57. The summed E-state index contributed by atoms with van der Waals surface area (Å²) < 4.78 is 0. The lowest BCUT2D eigenvalue weighted by Gasteiger charge is -2.40. The van der Waals surface area contributed by atoms with Gasteiger partial charge in [-0.3, -0.25) is 4.90 Å². The Kier molecular flexibility index (Phi) is 5.46. The van der Waals surface area contributed by atoms with Gasteiger partial charge < -0.3 is 10.4 Å². The quantitative estimate of drug-likeness (QED) is 0.786. The number of hydrogen-bond acceptors (Lipinski definition) is 3. The van der Waals surface area contributed by atoms with E-state index >= 15 is 0 Å². The first-order valence-electron chi connectivity index (χ1n) is 7.78. The van der Waals surface area contributed by atoms with E-state index in [0.29, 0.717) is 12.6 Å². The largest absolute Gasteiger partial charge is 0.395 e. The molecule has 0 bridgehead atoms. The normalized spacial score (nSPS) is 31.3. The van der Waals surface area contributed by atoms with Gasteiger partial charge in [0.2, 0.25) is 0 Å². The van der Waals surface area contributed by atoms with Crippen molar-refractivity contribution in [2.45, 2.75) is 58.0 Å². The van der Waals surface area contributed by atoms with Crippen molar-refractivity contribution in [3.63, 3.8) is 0 Å². The summed E-state index contributed by atoms with van der Waals surface area (Å²) in [5.41, 5.74) is 0.